The zero-order valence-electron chi connectivity index (χ0n) is 13.7. The summed E-state index contributed by atoms with van der Waals surface area (Å²) in [6.07, 6.45) is 3.49. The molecule has 0 bridgehead atoms. The number of anilines is 1. The normalized spacial score (nSPS) is 18.5. The molecule has 0 spiro atoms. The second kappa shape index (κ2) is 8.31. The molecule has 0 radical (unpaired) electrons. The van der Waals surface area contributed by atoms with Crippen molar-refractivity contribution in [1.29, 1.82) is 0 Å². The monoisotopic (exact) mass is 337 g/mol. The van der Waals surface area contributed by atoms with Crippen molar-refractivity contribution < 1.29 is 9.59 Å². The molecule has 2 amide bonds. The van der Waals surface area contributed by atoms with Gasteiger partial charge in [-0.1, -0.05) is 30.2 Å². The number of benzene rings is 1. The Morgan fingerprint density at radius 2 is 2.09 bits per heavy atom. The van der Waals surface area contributed by atoms with Crippen LogP contribution in [0.15, 0.2) is 24.3 Å². The van der Waals surface area contributed by atoms with Gasteiger partial charge < -0.3 is 10.2 Å². The first-order valence-corrected chi connectivity index (χ1v) is 8.37. The van der Waals surface area contributed by atoms with E-state index in [2.05, 4.69) is 17.1 Å². The van der Waals surface area contributed by atoms with Gasteiger partial charge in [-0.25, -0.2) is 0 Å². The number of hydrogen-bond acceptors (Lipinski definition) is 3. The topological polar surface area (TPSA) is 52.7 Å². The Hall–Kier alpha value is -1.59. The number of likely N-dealkylation sites (tertiary alicyclic amines) is 1. The molecule has 2 rings (SSSR count). The quantitative estimate of drug-likeness (QED) is 0.898. The lowest BCUT2D eigenvalue weighted by molar-refractivity contribution is -0.135. The highest BCUT2D eigenvalue weighted by molar-refractivity contribution is 6.33. The van der Waals surface area contributed by atoms with Crippen molar-refractivity contribution in [3.05, 3.63) is 29.3 Å². The molecule has 5 nitrogen and oxygen atoms in total. The van der Waals surface area contributed by atoms with Crippen molar-refractivity contribution in [2.75, 3.05) is 32.0 Å². The highest BCUT2D eigenvalue weighted by atomic mass is 35.5. The predicted molar refractivity (Wildman–Crippen MR) is 92.6 cm³/mol. The number of likely N-dealkylation sites (N-methyl/N-ethyl adjacent to an activating group) is 1. The van der Waals surface area contributed by atoms with Crippen LogP contribution in [0, 0.1) is 0 Å². The number of piperidine rings is 1. The van der Waals surface area contributed by atoms with E-state index in [0.29, 0.717) is 23.3 Å². The van der Waals surface area contributed by atoms with Gasteiger partial charge in [0.1, 0.15) is 0 Å². The molecule has 0 saturated carbocycles. The van der Waals surface area contributed by atoms with Gasteiger partial charge in [0.05, 0.1) is 23.8 Å². The number of hydrogen-bond donors (Lipinski definition) is 1. The molecule has 126 valence electrons. The standard InChI is InChI=1S/C17H24ClN3O2/c1-13-7-5-6-10-21(13)12-17(23)20(2)11-16(22)19-15-9-4-3-8-14(15)18/h3-4,8-9,13H,5-7,10-12H2,1-2H3,(H,19,22). The minimum atomic E-state index is -0.249. The van der Waals surface area contributed by atoms with Crippen molar-refractivity contribution in [1.82, 2.24) is 9.80 Å². The molecule has 0 aromatic heterocycles. The smallest absolute Gasteiger partial charge is 0.244 e. The molecule has 0 aliphatic carbocycles. The fourth-order valence-corrected chi connectivity index (χ4v) is 2.93. The number of nitrogens with one attached hydrogen (secondary N) is 1. The Morgan fingerprint density at radius 3 is 2.78 bits per heavy atom. The number of rotatable bonds is 5. The highest BCUT2D eigenvalue weighted by Crippen LogP contribution is 2.20. The van der Waals surface area contributed by atoms with Crippen LogP contribution < -0.4 is 5.32 Å². The lowest BCUT2D eigenvalue weighted by Gasteiger charge is -2.33. The van der Waals surface area contributed by atoms with E-state index in [1.165, 1.54) is 11.3 Å². The summed E-state index contributed by atoms with van der Waals surface area (Å²) in [7, 11) is 1.66. The number of nitrogens with zero attached hydrogens (tertiary/aromatic N) is 2. The van der Waals surface area contributed by atoms with Crippen LogP contribution in [0.4, 0.5) is 5.69 Å². The zero-order chi connectivity index (χ0) is 16.8. The van der Waals surface area contributed by atoms with Crippen LogP contribution in [-0.2, 0) is 9.59 Å². The fraction of sp³-hybridized carbons (Fsp3) is 0.529. The van der Waals surface area contributed by atoms with Crippen LogP contribution in [0.1, 0.15) is 26.2 Å². The Bertz CT molecular complexity index is 565. The van der Waals surface area contributed by atoms with E-state index < -0.39 is 0 Å². The van der Waals surface area contributed by atoms with Gasteiger partial charge in [0.15, 0.2) is 0 Å². The predicted octanol–water partition coefficient (Wildman–Crippen LogP) is 2.61. The maximum atomic E-state index is 12.3. The third-order valence-electron chi connectivity index (χ3n) is 4.23. The van der Waals surface area contributed by atoms with E-state index in [-0.39, 0.29) is 18.4 Å². The third-order valence-corrected chi connectivity index (χ3v) is 4.56. The Balaban J connectivity index is 1.83. The van der Waals surface area contributed by atoms with Crippen molar-refractivity contribution >= 4 is 29.1 Å². The van der Waals surface area contributed by atoms with Gasteiger partial charge in [-0.05, 0) is 38.4 Å². The Morgan fingerprint density at radius 1 is 1.35 bits per heavy atom. The molecule has 1 aromatic carbocycles. The van der Waals surface area contributed by atoms with Gasteiger partial charge in [0.2, 0.25) is 11.8 Å². The molecule has 23 heavy (non-hydrogen) atoms. The van der Waals surface area contributed by atoms with Gasteiger partial charge in [-0.3, -0.25) is 14.5 Å². The van der Waals surface area contributed by atoms with Gasteiger partial charge in [0, 0.05) is 13.1 Å². The van der Waals surface area contributed by atoms with E-state index in [1.54, 1.807) is 31.3 Å². The van der Waals surface area contributed by atoms with Gasteiger partial charge in [-0.15, -0.1) is 0 Å². The molecule has 1 unspecified atom stereocenters. The zero-order valence-corrected chi connectivity index (χ0v) is 14.5. The van der Waals surface area contributed by atoms with Gasteiger partial charge in [0.25, 0.3) is 0 Å². The second-order valence-electron chi connectivity index (χ2n) is 6.09. The van der Waals surface area contributed by atoms with Crippen LogP contribution in [-0.4, -0.2) is 54.3 Å². The molecule has 6 heteroatoms. The fourth-order valence-electron chi connectivity index (χ4n) is 2.74. The molecule has 1 saturated heterocycles. The largest absolute Gasteiger partial charge is 0.335 e. The van der Waals surface area contributed by atoms with Crippen molar-refractivity contribution in [3.8, 4) is 0 Å². The molecule has 1 heterocycles. The summed E-state index contributed by atoms with van der Waals surface area (Å²) in [5, 5.41) is 3.21. The average molecular weight is 338 g/mol. The summed E-state index contributed by atoms with van der Waals surface area (Å²) in [5.74, 6) is -0.284. The molecule has 1 aliphatic rings. The minimum absolute atomic E-state index is 0.0201. The molecule has 1 fully saturated rings. The van der Waals surface area contributed by atoms with E-state index in [1.807, 2.05) is 0 Å². The average Bonchev–Trinajstić information content (AvgIpc) is 2.51. The molecular weight excluding hydrogens is 314 g/mol. The number of carbonyl (C=O) groups is 2. The first-order valence-electron chi connectivity index (χ1n) is 7.99. The van der Waals surface area contributed by atoms with Gasteiger partial charge in [-0.2, -0.15) is 0 Å². The maximum absolute atomic E-state index is 12.3. The van der Waals surface area contributed by atoms with Crippen LogP contribution >= 0.6 is 11.6 Å². The van der Waals surface area contributed by atoms with Crippen molar-refractivity contribution in [2.24, 2.45) is 0 Å². The van der Waals surface area contributed by atoms with Crippen LogP contribution in [0.25, 0.3) is 0 Å². The summed E-state index contributed by atoms with van der Waals surface area (Å²) in [5.41, 5.74) is 0.560. The second-order valence-corrected chi connectivity index (χ2v) is 6.50. The maximum Gasteiger partial charge on any atom is 0.244 e. The van der Waals surface area contributed by atoms with Crippen LogP contribution in [0.5, 0.6) is 0 Å². The number of halogens is 1. The van der Waals surface area contributed by atoms with E-state index in [9.17, 15) is 9.59 Å². The Labute approximate surface area is 142 Å². The summed E-state index contributed by atoms with van der Waals surface area (Å²) in [4.78, 5) is 28.0. The van der Waals surface area contributed by atoms with Gasteiger partial charge >= 0.3 is 0 Å². The number of carbonyl (C=O) groups excluding carboxylic acids is 2. The van der Waals surface area contributed by atoms with Crippen molar-refractivity contribution in [2.45, 2.75) is 32.2 Å². The number of para-hydroxylation sites is 1. The molecule has 1 atom stereocenters. The van der Waals surface area contributed by atoms with E-state index >= 15 is 0 Å². The summed E-state index contributed by atoms with van der Waals surface area (Å²) < 4.78 is 0. The summed E-state index contributed by atoms with van der Waals surface area (Å²) in [6, 6.07) is 7.47. The van der Waals surface area contributed by atoms with Crippen molar-refractivity contribution in [3.63, 3.8) is 0 Å². The molecule has 1 N–H and O–H groups in total. The lowest BCUT2D eigenvalue weighted by atomic mass is 10.0. The summed E-state index contributed by atoms with van der Waals surface area (Å²) >= 11 is 6.01. The molecular formula is C17H24ClN3O2. The SMILES string of the molecule is CC1CCCCN1CC(=O)N(C)CC(=O)Nc1ccccc1Cl. The molecule has 1 aliphatic heterocycles. The summed E-state index contributed by atoms with van der Waals surface area (Å²) in [6.45, 7) is 3.49. The lowest BCUT2D eigenvalue weighted by Crippen LogP contribution is -2.46. The van der Waals surface area contributed by atoms with Crippen LogP contribution in [0.3, 0.4) is 0 Å². The minimum Gasteiger partial charge on any atom is -0.335 e. The van der Waals surface area contributed by atoms with Crippen LogP contribution in [0.2, 0.25) is 5.02 Å². The molecule has 1 aromatic rings. The first-order chi connectivity index (χ1) is 11.0. The van der Waals surface area contributed by atoms with E-state index in [4.69, 9.17) is 11.6 Å². The first kappa shape index (κ1) is 17.8. The Kier molecular flexibility index (Phi) is 6.42. The third kappa shape index (κ3) is 5.22. The number of amides is 2. The van der Waals surface area contributed by atoms with E-state index in [0.717, 1.165) is 19.4 Å². The highest BCUT2D eigenvalue weighted by Gasteiger charge is 2.22.